The van der Waals surface area contributed by atoms with Gasteiger partial charge in [-0.25, -0.2) is 0 Å². The maximum Gasteiger partial charge on any atom is 0.271 e. The van der Waals surface area contributed by atoms with Crippen LogP contribution in [0.4, 0.5) is 11.5 Å². The third-order valence-corrected chi connectivity index (χ3v) is 4.29. The molecule has 3 rings (SSSR count). The van der Waals surface area contributed by atoms with Crippen molar-refractivity contribution in [1.82, 2.24) is 15.5 Å². The van der Waals surface area contributed by atoms with E-state index < -0.39 is 0 Å². The predicted molar refractivity (Wildman–Crippen MR) is 104 cm³/mol. The molecule has 0 spiro atoms. The summed E-state index contributed by atoms with van der Waals surface area (Å²) in [6.45, 7) is 2.49. The van der Waals surface area contributed by atoms with E-state index in [1.165, 1.54) is 5.56 Å². The van der Waals surface area contributed by atoms with Gasteiger partial charge in [-0.3, -0.25) is 4.79 Å². The molecule has 0 aliphatic heterocycles. The number of carbonyl (C=O) groups is 1. The average Bonchev–Trinajstić information content (AvgIpc) is 2.66. The fourth-order valence-electron chi connectivity index (χ4n) is 2.39. The molecule has 0 saturated carbocycles. The van der Waals surface area contributed by atoms with E-state index in [-0.39, 0.29) is 11.6 Å². The lowest BCUT2D eigenvalue weighted by atomic mass is 10.1. The summed E-state index contributed by atoms with van der Waals surface area (Å²) >= 11 is 6.11. The van der Waals surface area contributed by atoms with Gasteiger partial charge in [-0.1, -0.05) is 48.0 Å². The van der Waals surface area contributed by atoms with Crippen molar-refractivity contribution in [1.29, 1.82) is 0 Å². The summed E-state index contributed by atoms with van der Waals surface area (Å²) in [7, 11) is 0. The first kappa shape index (κ1) is 17.9. The number of nitrogens with one attached hydrogen (secondary N) is 2. The van der Waals surface area contributed by atoms with E-state index in [1.807, 2.05) is 55.5 Å². The maximum atomic E-state index is 12.1. The van der Waals surface area contributed by atoms with Crippen molar-refractivity contribution in [2.75, 3.05) is 11.9 Å². The summed E-state index contributed by atoms with van der Waals surface area (Å²) in [6, 6.07) is 19.0. The predicted octanol–water partition coefficient (Wildman–Crippen LogP) is 4.15. The second-order valence-corrected chi connectivity index (χ2v) is 6.29. The number of benzene rings is 2. The Bertz CT molecular complexity index is 882. The van der Waals surface area contributed by atoms with Crippen molar-refractivity contribution in [2.24, 2.45) is 0 Å². The van der Waals surface area contributed by atoms with E-state index in [4.69, 9.17) is 11.6 Å². The molecular weight excluding hydrogens is 348 g/mol. The van der Waals surface area contributed by atoms with Gasteiger partial charge in [0.05, 0.1) is 0 Å². The van der Waals surface area contributed by atoms with Gasteiger partial charge in [0.15, 0.2) is 11.5 Å². The van der Waals surface area contributed by atoms with E-state index in [0.29, 0.717) is 17.4 Å². The molecule has 0 atom stereocenters. The number of hydrogen-bond acceptors (Lipinski definition) is 4. The molecule has 2 N–H and O–H groups in total. The van der Waals surface area contributed by atoms with Crippen LogP contribution in [0.5, 0.6) is 0 Å². The summed E-state index contributed by atoms with van der Waals surface area (Å²) in [5.74, 6) is 0.309. The lowest BCUT2D eigenvalue weighted by Gasteiger charge is -2.08. The number of aryl methyl sites for hydroxylation is 1. The smallest absolute Gasteiger partial charge is 0.271 e. The minimum atomic E-state index is -0.238. The summed E-state index contributed by atoms with van der Waals surface area (Å²) in [5.41, 5.74) is 3.28. The van der Waals surface area contributed by atoms with Gasteiger partial charge in [0.2, 0.25) is 0 Å². The Labute approximate surface area is 157 Å². The van der Waals surface area contributed by atoms with Gasteiger partial charge in [-0.15, -0.1) is 10.2 Å². The Morgan fingerprint density at radius 2 is 1.85 bits per heavy atom. The third-order valence-electron chi connectivity index (χ3n) is 3.88. The van der Waals surface area contributed by atoms with Gasteiger partial charge in [0.1, 0.15) is 0 Å². The molecule has 3 aromatic rings. The van der Waals surface area contributed by atoms with E-state index >= 15 is 0 Å². The van der Waals surface area contributed by atoms with E-state index in [0.717, 1.165) is 17.7 Å². The molecule has 132 valence electrons. The molecule has 6 heteroatoms. The molecule has 0 aliphatic carbocycles. The van der Waals surface area contributed by atoms with Gasteiger partial charge < -0.3 is 10.6 Å². The SMILES string of the molecule is Cc1ccc(Nc2ccc(C(=O)NCCc3ccccc3)nn2)cc1Cl. The topological polar surface area (TPSA) is 66.9 Å². The second kappa shape index (κ2) is 8.45. The molecule has 0 radical (unpaired) electrons. The summed E-state index contributed by atoms with van der Waals surface area (Å²) < 4.78 is 0. The molecular formula is C20H19ClN4O. The Kier molecular flexibility index (Phi) is 5.81. The first-order valence-corrected chi connectivity index (χ1v) is 8.68. The number of carbonyl (C=O) groups excluding carboxylic acids is 1. The quantitative estimate of drug-likeness (QED) is 0.687. The van der Waals surface area contributed by atoms with Crippen LogP contribution in [0, 0.1) is 6.92 Å². The van der Waals surface area contributed by atoms with Crippen LogP contribution in [-0.4, -0.2) is 22.6 Å². The average molecular weight is 367 g/mol. The molecule has 1 heterocycles. The Morgan fingerprint density at radius 1 is 1.04 bits per heavy atom. The molecule has 1 aromatic heterocycles. The molecule has 2 aromatic carbocycles. The van der Waals surface area contributed by atoms with Crippen LogP contribution in [0.1, 0.15) is 21.6 Å². The zero-order chi connectivity index (χ0) is 18.4. The molecule has 0 bridgehead atoms. The largest absolute Gasteiger partial charge is 0.350 e. The fourth-order valence-corrected chi connectivity index (χ4v) is 2.57. The highest BCUT2D eigenvalue weighted by Gasteiger charge is 2.08. The maximum absolute atomic E-state index is 12.1. The minimum Gasteiger partial charge on any atom is -0.350 e. The first-order valence-electron chi connectivity index (χ1n) is 8.31. The van der Waals surface area contributed by atoms with Crippen LogP contribution in [0.2, 0.25) is 5.02 Å². The normalized spacial score (nSPS) is 10.4. The highest BCUT2D eigenvalue weighted by molar-refractivity contribution is 6.31. The van der Waals surface area contributed by atoms with Crippen molar-refractivity contribution in [3.8, 4) is 0 Å². The number of aromatic nitrogens is 2. The number of hydrogen-bond donors (Lipinski definition) is 2. The highest BCUT2D eigenvalue weighted by Crippen LogP contribution is 2.22. The van der Waals surface area contributed by atoms with Gasteiger partial charge in [0.25, 0.3) is 5.91 Å². The zero-order valence-corrected chi connectivity index (χ0v) is 15.1. The van der Waals surface area contributed by atoms with Crippen LogP contribution in [0.3, 0.4) is 0 Å². The van der Waals surface area contributed by atoms with Crippen molar-refractivity contribution < 1.29 is 4.79 Å². The molecule has 5 nitrogen and oxygen atoms in total. The Balaban J connectivity index is 1.54. The molecule has 1 amide bonds. The van der Waals surface area contributed by atoms with Crippen LogP contribution < -0.4 is 10.6 Å². The molecule has 26 heavy (non-hydrogen) atoms. The standard InChI is InChI=1S/C20H19ClN4O/c1-14-7-8-16(13-17(14)21)23-19-10-9-18(24-25-19)20(26)22-12-11-15-5-3-2-4-6-15/h2-10,13H,11-12H2,1H3,(H,22,26)(H,23,25). The third kappa shape index (κ3) is 4.80. The number of anilines is 2. The van der Waals surface area contributed by atoms with Crippen molar-refractivity contribution >= 4 is 29.0 Å². The Hall–Kier alpha value is -2.92. The number of nitrogens with zero attached hydrogens (tertiary/aromatic N) is 2. The lowest BCUT2D eigenvalue weighted by Crippen LogP contribution is -2.26. The first-order chi connectivity index (χ1) is 12.6. The van der Waals surface area contributed by atoms with Gasteiger partial charge in [-0.05, 0) is 48.7 Å². The summed E-state index contributed by atoms with van der Waals surface area (Å²) in [6.07, 6.45) is 0.772. The summed E-state index contributed by atoms with van der Waals surface area (Å²) in [5, 5.41) is 14.7. The van der Waals surface area contributed by atoms with E-state index in [2.05, 4.69) is 20.8 Å². The van der Waals surface area contributed by atoms with Crippen LogP contribution in [0.15, 0.2) is 60.7 Å². The van der Waals surface area contributed by atoms with Crippen LogP contribution >= 0.6 is 11.6 Å². The molecule has 0 unspecified atom stereocenters. The molecule has 0 saturated heterocycles. The van der Waals surface area contributed by atoms with E-state index in [9.17, 15) is 4.79 Å². The highest BCUT2D eigenvalue weighted by atomic mass is 35.5. The Morgan fingerprint density at radius 3 is 2.54 bits per heavy atom. The molecule has 0 fully saturated rings. The lowest BCUT2D eigenvalue weighted by molar-refractivity contribution is 0.0948. The van der Waals surface area contributed by atoms with Gasteiger partial charge in [-0.2, -0.15) is 0 Å². The van der Waals surface area contributed by atoms with Crippen molar-refractivity contribution in [3.05, 3.63) is 82.5 Å². The van der Waals surface area contributed by atoms with E-state index in [1.54, 1.807) is 12.1 Å². The van der Waals surface area contributed by atoms with Gasteiger partial charge >= 0.3 is 0 Å². The number of rotatable bonds is 6. The van der Waals surface area contributed by atoms with Gasteiger partial charge in [0, 0.05) is 17.3 Å². The van der Waals surface area contributed by atoms with Crippen molar-refractivity contribution in [3.63, 3.8) is 0 Å². The fraction of sp³-hybridized carbons (Fsp3) is 0.150. The number of amides is 1. The van der Waals surface area contributed by atoms with Crippen molar-refractivity contribution in [2.45, 2.75) is 13.3 Å². The summed E-state index contributed by atoms with van der Waals surface area (Å²) in [4.78, 5) is 12.1. The number of halogens is 1. The minimum absolute atomic E-state index is 0.238. The zero-order valence-electron chi connectivity index (χ0n) is 14.4. The van der Waals surface area contributed by atoms with Crippen LogP contribution in [0.25, 0.3) is 0 Å². The second-order valence-electron chi connectivity index (χ2n) is 5.88. The van der Waals surface area contributed by atoms with Crippen LogP contribution in [-0.2, 0) is 6.42 Å². The monoisotopic (exact) mass is 366 g/mol. The molecule has 0 aliphatic rings.